The monoisotopic (exact) mass is 226 g/mol. The molecule has 16 heavy (non-hydrogen) atoms. The highest BCUT2D eigenvalue weighted by Gasteiger charge is 2.12. The van der Waals surface area contributed by atoms with Crippen molar-refractivity contribution < 1.29 is 13.5 Å². The number of hydrogen-bond acceptors (Lipinski definition) is 2. The minimum atomic E-state index is -0.595. The van der Waals surface area contributed by atoms with Gasteiger partial charge < -0.3 is 10.1 Å². The highest BCUT2D eigenvalue weighted by molar-refractivity contribution is 5.75. The number of benzene rings is 1. The molecule has 1 unspecified atom stereocenters. The van der Waals surface area contributed by atoms with E-state index < -0.39 is 11.6 Å². The Morgan fingerprint density at radius 3 is 2.56 bits per heavy atom. The van der Waals surface area contributed by atoms with Gasteiger partial charge in [-0.25, -0.2) is 13.8 Å². The van der Waals surface area contributed by atoms with E-state index in [2.05, 4.69) is 10.3 Å². The molecule has 0 spiro atoms. The molecule has 1 N–H and O–H groups in total. The van der Waals surface area contributed by atoms with Crippen LogP contribution in [-0.4, -0.2) is 19.2 Å². The van der Waals surface area contributed by atoms with Gasteiger partial charge in [-0.05, 0) is 24.6 Å². The van der Waals surface area contributed by atoms with Crippen LogP contribution in [0, 0.1) is 11.6 Å². The third kappa shape index (κ3) is 2.48. The van der Waals surface area contributed by atoms with E-state index in [0.717, 1.165) is 6.07 Å². The maximum atomic E-state index is 13.0. The van der Waals surface area contributed by atoms with Crippen molar-refractivity contribution in [3.05, 3.63) is 35.4 Å². The summed E-state index contributed by atoms with van der Waals surface area (Å²) in [5, 5.41) is 2.93. The fraction of sp³-hybridized carbons (Fsp3) is 0.364. The van der Waals surface area contributed by atoms with Gasteiger partial charge in [-0.1, -0.05) is 0 Å². The Bertz CT molecular complexity index is 392. The molecular formula is C11H12F2N2O. The number of nitrogens with one attached hydrogen (secondary N) is 1. The molecule has 0 aliphatic carbocycles. The first-order chi connectivity index (χ1) is 7.65. The Morgan fingerprint density at radius 2 is 2.00 bits per heavy atom. The van der Waals surface area contributed by atoms with E-state index in [-0.39, 0.29) is 6.04 Å². The molecule has 1 aromatic carbocycles. The summed E-state index contributed by atoms with van der Waals surface area (Å²) in [4.78, 5) is 4.18. The second-order valence-electron chi connectivity index (χ2n) is 3.59. The highest BCUT2D eigenvalue weighted by atomic mass is 19.1. The summed E-state index contributed by atoms with van der Waals surface area (Å²) < 4.78 is 31.1. The van der Waals surface area contributed by atoms with Crippen LogP contribution in [0.5, 0.6) is 0 Å². The average molecular weight is 226 g/mol. The number of aliphatic imine (C=N–C) groups is 1. The van der Waals surface area contributed by atoms with Gasteiger partial charge in [-0.2, -0.15) is 0 Å². The lowest BCUT2D eigenvalue weighted by Crippen LogP contribution is -2.16. The smallest absolute Gasteiger partial charge is 0.285 e. The molecule has 1 heterocycles. The molecule has 1 aromatic rings. The van der Waals surface area contributed by atoms with Gasteiger partial charge in [0.25, 0.3) is 6.02 Å². The molecule has 1 aliphatic heterocycles. The molecular weight excluding hydrogens is 214 g/mol. The SMILES string of the molecule is CC(/N=C1\NCCO1)c1cc(F)cc(F)c1. The van der Waals surface area contributed by atoms with Crippen LogP contribution in [0.4, 0.5) is 8.78 Å². The minimum Gasteiger partial charge on any atom is -0.463 e. The standard InChI is InChI=1S/C11H12F2N2O/c1-7(15-11-14-2-3-16-11)8-4-9(12)6-10(13)5-8/h4-7H,2-3H2,1H3,(H,14,15). The molecule has 5 heteroatoms. The van der Waals surface area contributed by atoms with E-state index in [1.807, 2.05) is 0 Å². The highest BCUT2D eigenvalue weighted by Crippen LogP contribution is 2.19. The summed E-state index contributed by atoms with van der Waals surface area (Å²) in [6, 6.07) is 3.47. The molecule has 1 saturated heterocycles. The molecule has 2 rings (SSSR count). The second-order valence-corrected chi connectivity index (χ2v) is 3.59. The largest absolute Gasteiger partial charge is 0.463 e. The van der Waals surface area contributed by atoms with Crippen LogP contribution in [0.3, 0.4) is 0 Å². The fourth-order valence-corrected chi connectivity index (χ4v) is 1.51. The van der Waals surface area contributed by atoms with Gasteiger partial charge in [-0.15, -0.1) is 0 Å². The lowest BCUT2D eigenvalue weighted by Gasteiger charge is -2.08. The number of amidine groups is 1. The third-order valence-electron chi connectivity index (χ3n) is 2.30. The zero-order valence-electron chi connectivity index (χ0n) is 8.84. The molecule has 0 amide bonds. The molecule has 0 aromatic heterocycles. The zero-order valence-corrected chi connectivity index (χ0v) is 8.84. The Labute approximate surface area is 92.1 Å². The lowest BCUT2D eigenvalue weighted by molar-refractivity contribution is 0.349. The minimum absolute atomic E-state index is 0.342. The van der Waals surface area contributed by atoms with Gasteiger partial charge in [0, 0.05) is 6.07 Å². The van der Waals surface area contributed by atoms with Crippen molar-refractivity contribution in [2.75, 3.05) is 13.2 Å². The first-order valence-electron chi connectivity index (χ1n) is 5.05. The van der Waals surface area contributed by atoms with Gasteiger partial charge >= 0.3 is 0 Å². The lowest BCUT2D eigenvalue weighted by atomic mass is 10.1. The predicted octanol–water partition coefficient (Wildman–Crippen LogP) is 2.00. The van der Waals surface area contributed by atoms with Crippen molar-refractivity contribution in [3.8, 4) is 0 Å². The molecule has 0 saturated carbocycles. The number of nitrogens with zero attached hydrogens (tertiary/aromatic N) is 1. The quantitative estimate of drug-likeness (QED) is 0.836. The van der Waals surface area contributed by atoms with Crippen LogP contribution < -0.4 is 5.32 Å². The molecule has 0 bridgehead atoms. The third-order valence-corrected chi connectivity index (χ3v) is 2.30. The number of ether oxygens (including phenoxy) is 1. The van der Waals surface area contributed by atoms with Crippen molar-refractivity contribution in [1.29, 1.82) is 0 Å². The molecule has 1 fully saturated rings. The van der Waals surface area contributed by atoms with Crippen LogP contribution >= 0.6 is 0 Å². The zero-order chi connectivity index (χ0) is 11.5. The van der Waals surface area contributed by atoms with E-state index in [1.54, 1.807) is 6.92 Å². The number of hydrogen-bond donors (Lipinski definition) is 1. The van der Waals surface area contributed by atoms with E-state index >= 15 is 0 Å². The summed E-state index contributed by atoms with van der Waals surface area (Å²) >= 11 is 0. The van der Waals surface area contributed by atoms with Crippen LogP contribution in [0.15, 0.2) is 23.2 Å². The molecule has 0 radical (unpaired) electrons. The van der Waals surface area contributed by atoms with Gasteiger partial charge in [0.2, 0.25) is 0 Å². The Kier molecular flexibility index (Phi) is 3.03. The Morgan fingerprint density at radius 1 is 1.31 bits per heavy atom. The van der Waals surface area contributed by atoms with Gasteiger partial charge in [0.05, 0.1) is 12.6 Å². The van der Waals surface area contributed by atoms with E-state index in [4.69, 9.17) is 4.74 Å². The van der Waals surface area contributed by atoms with Crippen LogP contribution in [-0.2, 0) is 4.74 Å². The summed E-state index contributed by atoms with van der Waals surface area (Å²) in [7, 11) is 0. The number of rotatable bonds is 2. The average Bonchev–Trinajstić information content (AvgIpc) is 2.68. The van der Waals surface area contributed by atoms with Crippen LogP contribution in [0.1, 0.15) is 18.5 Å². The van der Waals surface area contributed by atoms with E-state index in [1.165, 1.54) is 12.1 Å². The maximum Gasteiger partial charge on any atom is 0.285 e. The van der Waals surface area contributed by atoms with Gasteiger partial charge in [0.1, 0.15) is 18.2 Å². The fourth-order valence-electron chi connectivity index (χ4n) is 1.51. The van der Waals surface area contributed by atoms with Crippen molar-refractivity contribution >= 4 is 6.02 Å². The predicted molar refractivity (Wildman–Crippen MR) is 56.2 cm³/mol. The normalized spacial score (nSPS) is 19.3. The summed E-state index contributed by atoms with van der Waals surface area (Å²) in [5.41, 5.74) is 0.488. The van der Waals surface area contributed by atoms with Crippen molar-refractivity contribution in [2.45, 2.75) is 13.0 Å². The van der Waals surface area contributed by atoms with Gasteiger partial charge in [0.15, 0.2) is 0 Å². The van der Waals surface area contributed by atoms with Crippen molar-refractivity contribution in [1.82, 2.24) is 5.32 Å². The maximum absolute atomic E-state index is 13.0. The molecule has 86 valence electrons. The summed E-state index contributed by atoms with van der Waals surface area (Å²) in [6.45, 7) is 3.04. The Balaban J connectivity index is 2.19. The first-order valence-corrected chi connectivity index (χ1v) is 5.05. The molecule has 1 atom stereocenters. The second kappa shape index (κ2) is 4.47. The van der Waals surface area contributed by atoms with Crippen LogP contribution in [0.2, 0.25) is 0 Å². The van der Waals surface area contributed by atoms with Crippen LogP contribution in [0.25, 0.3) is 0 Å². The molecule has 3 nitrogen and oxygen atoms in total. The summed E-state index contributed by atoms with van der Waals surface area (Å²) in [6.07, 6.45) is 0. The van der Waals surface area contributed by atoms with Crippen molar-refractivity contribution in [2.24, 2.45) is 4.99 Å². The van der Waals surface area contributed by atoms with Crippen molar-refractivity contribution in [3.63, 3.8) is 0 Å². The van der Waals surface area contributed by atoms with E-state index in [9.17, 15) is 8.78 Å². The van der Waals surface area contributed by atoms with E-state index in [0.29, 0.717) is 24.7 Å². The Hall–Kier alpha value is -1.65. The first kappa shape index (κ1) is 10.9. The molecule has 1 aliphatic rings. The topological polar surface area (TPSA) is 33.6 Å². The number of halogens is 2. The summed E-state index contributed by atoms with van der Waals surface area (Å²) in [5.74, 6) is -1.19. The van der Waals surface area contributed by atoms with Gasteiger partial charge in [-0.3, -0.25) is 0 Å².